The first-order chi connectivity index (χ1) is 11.3. The summed E-state index contributed by atoms with van der Waals surface area (Å²) >= 11 is 8.53. The maximum atomic E-state index is 12.0. The number of hydrogen-bond acceptors (Lipinski definition) is 6. The number of nitrogens with one attached hydrogen (secondary N) is 2. The number of anilines is 2. The Morgan fingerprint density at radius 2 is 2.04 bits per heavy atom. The van der Waals surface area contributed by atoms with Gasteiger partial charge in [-0.25, -0.2) is 0 Å². The molecule has 2 aromatic rings. The van der Waals surface area contributed by atoms with Gasteiger partial charge in [0, 0.05) is 16.6 Å². The summed E-state index contributed by atoms with van der Waals surface area (Å²) in [7, 11) is 0. The van der Waals surface area contributed by atoms with Crippen molar-refractivity contribution in [2.24, 2.45) is 5.92 Å². The highest BCUT2D eigenvalue weighted by atomic mass is 35.5. The molecule has 0 unspecified atom stereocenters. The predicted molar refractivity (Wildman–Crippen MR) is 98.9 cm³/mol. The first-order valence-electron chi connectivity index (χ1n) is 7.18. The summed E-state index contributed by atoms with van der Waals surface area (Å²) in [6, 6.07) is 5.36. The highest BCUT2D eigenvalue weighted by Crippen LogP contribution is 2.26. The number of aryl methyl sites for hydroxylation is 1. The van der Waals surface area contributed by atoms with Crippen LogP contribution in [0.2, 0.25) is 5.02 Å². The minimum Gasteiger partial charge on any atom is -0.325 e. The summed E-state index contributed by atoms with van der Waals surface area (Å²) in [6.45, 7) is 5.50. The number of thioether (sulfide) groups is 1. The molecule has 1 aromatic carbocycles. The minimum absolute atomic E-state index is 0.114. The molecule has 0 aliphatic heterocycles. The fourth-order valence-electron chi connectivity index (χ4n) is 1.56. The number of amides is 2. The molecule has 0 atom stereocenters. The molecular formula is C15H17ClN4O2S2. The van der Waals surface area contributed by atoms with E-state index in [0.29, 0.717) is 20.2 Å². The Hall–Kier alpha value is -1.64. The van der Waals surface area contributed by atoms with Gasteiger partial charge in [0.05, 0.1) is 5.75 Å². The van der Waals surface area contributed by atoms with Crippen LogP contribution in [0.5, 0.6) is 0 Å². The summed E-state index contributed by atoms with van der Waals surface area (Å²) < 4.78 is 0.617. The highest BCUT2D eigenvalue weighted by molar-refractivity contribution is 8.01. The fraction of sp³-hybridized carbons (Fsp3) is 0.333. The third-order valence-corrected chi connectivity index (χ3v) is 5.32. The lowest BCUT2D eigenvalue weighted by Crippen LogP contribution is -2.17. The zero-order valence-corrected chi connectivity index (χ0v) is 15.8. The summed E-state index contributed by atoms with van der Waals surface area (Å²) in [5.41, 5.74) is 1.60. The zero-order chi connectivity index (χ0) is 17.7. The number of rotatable bonds is 6. The molecule has 2 amide bonds. The molecule has 2 rings (SSSR count). The maximum absolute atomic E-state index is 12.0. The van der Waals surface area contributed by atoms with E-state index in [4.69, 9.17) is 11.6 Å². The Morgan fingerprint density at radius 1 is 1.29 bits per heavy atom. The van der Waals surface area contributed by atoms with Crippen molar-refractivity contribution in [2.75, 3.05) is 16.4 Å². The van der Waals surface area contributed by atoms with E-state index in [0.717, 1.165) is 5.56 Å². The van der Waals surface area contributed by atoms with Crippen LogP contribution in [-0.2, 0) is 9.59 Å². The van der Waals surface area contributed by atoms with E-state index in [1.165, 1.54) is 23.1 Å². The number of carbonyl (C=O) groups is 2. The Bertz CT molecular complexity index is 749. The second-order valence-electron chi connectivity index (χ2n) is 5.32. The van der Waals surface area contributed by atoms with Gasteiger partial charge in [0.2, 0.25) is 16.9 Å². The van der Waals surface area contributed by atoms with Crippen LogP contribution >= 0.6 is 34.7 Å². The molecule has 0 fully saturated rings. The molecule has 0 spiro atoms. The molecule has 24 heavy (non-hydrogen) atoms. The molecule has 2 N–H and O–H groups in total. The van der Waals surface area contributed by atoms with E-state index in [1.807, 2.05) is 13.0 Å². The highest BCUT2D eigenvalue weighted by Gasteiger charge is 2.12. The van der Waals surface area contributed by atoms with Gasteiger partial charge < -0.3 is 10.6 Å². The largest absolute Gasteiger partial charge is 0.325 e. The molecule has 9 heteroatoms. The molecule has 0 aliphatic rings. The first kappa shape index (κ1) is 18.7. The molecule has 0 saturated carbocycles. The summed E-state index contributed by atoms with van der Waals surface area (Å²) in [5, 5.41) is 14.3. The lowest BCUT2D eigenvalue weighted by atomic mass is 10.2. The molecule has 0 bridgehead atoms. The van der Waals surface area contributed by atoms with Crippen LogP contribution in [0.3, 0.4) is 0 Å². The fourth-order valence-corrected chi connectivity index (χ4v) is 3.30. The van der Waals surface area contributed by atoms with Gasteiger partial charge in [-0.05, 0) is 24.6 Å². The number of nitrogens with zero attached hydrogens (tertiary/aromatic N) is 2. The summed E-state index contributed by atoms with van der Waals surface area (Å²) in [5.74, 6) is -0.213. The van der Waals surface area contributed by atoms with E-state index >= 15 is 0 Å². The summed E-state index contributed by atoms with van der Waals surface area (Å²) in [6.07, 6.45) is 0. The van der Waals surface area contributed by atoms with Gasteiger partial charge in [-0.15, -0.1) is 10.2 Å². The second kappa shape index (κ2) is 8.46. The van der Waals surface area contributed by atoms with Crippen molar-refractivity contribution in [1.29, 1.82) is 0 Å². The quantitative estimate of drug-likeness (QED) is 0.584. The van der Waals surface area contributed by atoms with E-state index in [-0.39, 0.29) is 23.5 Å². The molecule has 0 aliphatic carbocycles. The van der Waals surface area contributed by atoms with Gasteiger partial charge in [0.1, 0.15) is 0 Å². The smallest absolute Gasteiger partial charge is 0.234 e. The van der Waals surface area contributed by atoms with Crippen molar-refractivity contribution < 1.29 is 9.59 Å². The topological polar surface area (TPSA) is 84.0 Å². The van der Waals surface area contributed by atoms with Crippen LogP contribution in [0.15, 0.2) is 22.5 Å². The Kier molecular flexibility index (Phi) is 6.59. The van der Waals surface area contributed by atoms with E-state index in [2.05, 4.69) is 20.8 Å². The molecule has 6 nitrogen and oxygen atoms in total. The molecule has 1 aromatic heterocycles. The van der Waals surface area contributed by atoms with E-state index in [9.17, 15) is 9.59 Å². The van der Waals surface area contributed by atoms with E-state index < -0.39 is 0 Å². The van der Waals surface area contributed by atoms with Crippen LogP contribution in [0.4, 0.5) is 10.8 Å². The lowest BCUT2D eigenvalue weighted by molar-refractivity contribution is -0.119. The number of halogens is 1. The zero-order valence-electron chi connectivity index (χ0n) is 13.4. The number of carbonyl (C=O) groups excluding carboxylic acids is 2. The number of hydrogen-bond donors (Lipinski definition) is 2. The monoisotopic (exact) mass is 384 g/mol. The van der Waals surface area contributed by atoms with Gasteiger partial charge in [-0.1, -0.05) is 54.6 Å². The van der Waals surface area contributed by atoms with Gasteiger partial charge in [0.25, 0.3) is 0 Å². The van der Waals surface area contributed by atoms with Crippen molar-refractivity contribution in [3.8, 4) is 0 Å². The van der Waals surface area contributed by atoms with Crippen molar-refractivity contribution in [3.63, 3.8) is 0 Å². The van der Waals surface area contributed by atoms with Crippen molar-refractivity contribution in [1.82, 2.24) is 10.2 Å². The molecular weight excluding hydrogens is 368 g/mol. The number of benzene rings is 1. The lowest BCUT2D eigenvalue weighted by Gasteiger charge is -2.06. The van der Waals surface area contributed by atoms with E-state index in [1.54, 1.807) is 26.0 Å². The normalized spacial score (nSPS) is 10.7. The number of aromatic nitrogens is 2. The van der Waals surface area contributed by atoms with Gasteiger partial charge >= 0.3 is 0 Å². The van der Waals surface area contributed by atoms with Crippen molar-refractivity contribution in [3.05, 3.63) is 28.8 Å². The van der Waals surface area contributed by atoms with Crippen LogP contribution < -0.4 is 10.6 Å². The Balaban J connectivity index is 1.84. The van der Waals surface area contributed by atoms with Crippen LogP contribution in [0.1, 0.15) is 19.4 Å². The molecule has 1 heterocycles. The van der Waals surface area contributed by atoms with Crippen LogP contribution in [-0.4, -0.2) is 27.8 Å². The predicted octanol–water partition coefficient (Wildman–Crippen LogP) is 3.83. The van der Waals surface area contributed by atoms with Crippen molar-refractivity contribution >= 4 is 57.3 Å². The Labute approximate surface area is 153 Å². The molecule has 128 valence electrons. The van der Waals surface area contributed by atoms with Gasteiger partial charge in [0.15, 0.2) is 4.34 Å². The maximum Gasteiger partial charge on any atom is 0.234 e. The average Bonchev–Trinajstić information content (AvgIpc) is 2.96. The van der Waals surface area contributed by atoms with Gasteiger partial charge in [-0.2, -0.15) is 0 Å². The summed E-state index contributed by atoms with van der Waals surface area (Å²) in [4.78, 5) is 23.6. The standard InChI is InChI=1S/C15H17ClN4O2S2/c1-8(2)13(22)18-14-19-20-15(24-14)23-7-12(21)17-10-5-4-9(3)11(16)6-10/h4-6,8H,7H2,1-3H3,(H,17,21)(H,18,19,22). The van der Waals surface area contributed by atoms with Crippen LogP contribution in [0.25, 0.3) is 0 Å². The minimum atomic E-state index is -0.164. The third kappa shape index (κ3) is 5.47. The van der Waals surface area contributed by atoms with Crippen LogP contribution in [0, 0.1) is 12.8 Å². The first-order valence-corrected chi connectivity index (χ1v) is 9.36. The second-order valence-corrected chi connectivity index (χ2v) is 7.93. The Morgan fingerprint density at radius 3 is 2.71 bits per heavy atom. The van der Waals surface area contributed by atoms with Gasteiger partial charge in [-0.3, -0.25) is 9.59 Å². The molecule has 0 saturated heterocycles. The average molecular weight is 385 g/mol. The molecule has 0 radical (unpaired) electrons. The van der Waals surface area contributed by atoms with Crippen molar-refractivity contribution in [2.45, 2.75) is 25.1 Å². The third-order valence-electron chi connectivity index (χ3n) is 2.94. The SMILES string of the molecule is Cc1ccc(NC(=O)CSc2nnc(NC(=O)C(C)C)s2)cc1Cl.